The maximum atomic E-state index is 10.4. The van der Waals surface area contributed by atoms with E-state index in [0.717, 1.165) is 34.6 Å². The molecule has 0 bridgehead atoms. The van der Waals surface area contributed by atoms with E-state index in [4.69, 9.17) is 20.4 Å². The van der Waals surface area contributed by atoms with Gasteiger partial charge in [0.25, 0.3) is 0 Å². The van der Waals surface area contributed by atoms with Gasteiger partial charge in [0.1, 0.15) is 18.9 Å². The largest absolute Gasteiger partial charge is 0.395 e. The second-order valence-corrected chi connectivity index (χ2v) is 8.99. The van der Waals surface area contributed by atoms with Crippen molar-refractivity contribution >= 4 is 29.8 Å². The molecule has 228 valence electrons. The van der Waals surface area contributed by atoms with Crippen LogP contribution in [0.1, 0.15) is 27.3 Å². The Morgan fingerprint density at radius 2 is 1.07 bits per heavy atom. The van der Waals surface area contributed by atoms with Gasteiger partial charge >= 0.3 is 0 Å². The molecule has 4 aromatic rings. The Hall–Kier alpha value is -4.55. The van der Waals surface area contributed by atoms with Crippen LogP contribution in [0.2, 0.25) is 0 Å². The van der Waals surface area contributed by atoms with Gasteiger partial charge in [0.15, 0.2) is 0 Å². The van der Waals surface area contributed by atoms with Gasteiger partial charge in [-0.25, -0.2) is 19.9 Å². The zero-order valence-electron chi connectivity index (χ0n) is 24.4. The number of aromatic nitrogens is 4. The minimum atomic E-state index is 0.0371. The van der Waals surface area contributed by atoms with Gasteiger partial charge in [-0.1, -0.05) is 18.2 Å². The number of hydrogen-bond acceptors (Lipinski definition) is 11. The lowest BCUT2D eigenvalue weighted by Gasteiger charge is -2.22. The molecule has 0 atom stereocenters. The van der Waals surface area contributed by atoms with Crippen LogP contribution in [0.3, 0.4) is 0 Å². The van der Waals surface area contributed by atoms with Crippen LogP contribution < -0.4 is 9.80 Å². The number of carbonyl (C=O) groups excluding carboxylic acids is 1. The SMILES string of the molecule is Cc1ccncn1.O=Cc1ccc(N(CCO)CCO)cc1.OCCN(CCO)c1ccc(/C=C/c2ccncn2)cc1. The van der Waals surface area contributed by atoms with E-state index >= 15 is 0 Å². The molecule has 2 heterocycles. The third kappa shape index (κ3) is 13.8. The molecule has 0 saturated heterocycles. The highest BCUT2D eigenvalue weighted by atomic mass is 16.3. The monoisotopic (exact) mass is 588 g/mol. The third-order valence-electron chi connectivity index (χ3n) is 5.91. The minimum absolute atomic E-state index is 0.0371. The summed E-state index contributed by atoms with van der Waals surface area (Å²) in [5, 5.41) is 35.8. The number of carbonyl (C=O) groups is 1. The van der Waals surface area contributed by atoms with E-state index in [-0.39, 0.29) is 26.4 Å². The summed E-state index contributed by atoms with van der Waals surface area (Å²) in [7, 11) is 0. The number of anilines is 2. The number of rotatable bonds is 13. The first-order chi connectivity index (χ1) is 21.0. The van der Waals surface area contributed by atoms with Gasteiger partial charge in [-0.3, -0.25) is 4.79 Å². The molecular weight excluding hydrogens is 548 g/mol. The van der Waals surface area contributed by atoms with Crippen LogP contribution in [-0.4, -0.2) is 99.3 Å². The molecule has 0 fully saturated rings. The fourth-order valence-corrected chi connectivity index (χ4v) is 3.72. The molecule has 2 aromatic heterocycles. The first-order valence-corrected chi connectivity index (χ1v) is 13.8. The number of nitrogens with zero attached hydrogens (tertiary/aromatic N) is 6. The number of benzene rings is 2. The first-order valence-electron chi connectivity index (χ1n) is 13.8. The zero-order valence-corrected chi connectivity index (χ0v) is 24.4. The van der Waals surface area contributed by atoms with E-state index in [1.807, 2.05) is 65.3 Å². The van der Waals surface area contributed by atoms with E-state index in [0.29, 0.717) is 31.7 Å². The van der Waals surface area contributed by atoms with Crippen molar-refractivity contribution in [1.82, 2.24) is 19.9 Å². The van der Waals surface area contributed by atoms with Crippen molar-refractivity contribution in [3.05, 3.63) is 108 Å². The van der Waals surface area contributed by atoms with Gasteiger partial charge in [0.2, 0.25) is 0 Å². The minimum Gasteiger partial charge on any atom is -0.395 e. The Kier molecular flexibility index (Phi) is 17.1. The molecular formula is C32H40N6O5. The number of aldehydes is 1. The van der Waals surface area contributed by atoms with Crippen molar-refractivity contribution in [2.45, 2.75) is 6.92 Å². The summed E-state index contributed by atoms with van der Waals surface area (Å²) in [5.41, 5.74) is 5.42. The Morgan fingerprint density at radius 3 is 1.42 bits per heavy atom. The van der Waals surface area contributed by atoms with Gasteiger partial charge in [0.05, 0.1) is 32.1 Å². The normalized spacial score (nSPS) is 10.3. The molecule has 0 radical (unpaired) electrons. The van der Waals surface area contributed by atoms with Crippen molar-refractivity contribution in [3.8, 4) is 0 Å². The van der Waals surface area contributed by atoms with Crippen molar-refractivity contribution in [1.29, 1.82) is 0 Å². The average Bonchev–Trinajstić information content (AvgIpc) is 3.05. The Labute approximate surface area is 252 Å². The highest BCUT2D eigenvalue weighted by molar-refractivity contribution is 5.75. The van der Waals surface area contributed by atoms with Gasteiger partial charge in [-0.15, -0.1) is 0 Å². The first kappa shape index (κ1) is 34.7. The molecule has 0 spiro atoms. The lowest BCUT2D eigenvalue weighted by atomic mass is 10.1. The quantitative estimate of drug-likeness (QED) is 0.170. The van der Waals surface area contributed by atoms with Crippen molar-refractivity contribution in [2.75, 3.05) is 62.4 Å². The molecule has 0 unspecified atom stereocenters. The van der Waals surface area contributed by atoms with E-state index in [9.17, 15) is 4.79 Å². The Balaban J connectivity index is 0.000000254. The van der Waals surface area contributed by atoms with E-state index < -0.39 is 0 Å². The average molecular weight is 589 g/mol. The summed E-state index contributed by atoms with van der Waals surface area (Å²) in [5.74, 6) is 0. The zero-order chi connectivity index (χ0) is 31.1. The van der Waals surface area contributed by atoms with Crippen LogP contribution in [0, 0.1) is 6.92 Å². The summed E-state index contributed by atoms with van der Waals surface area (Å²) in [6.07, 6.45) is 11.2. The van der Waals surface area contributed by atoms with E-state index in [1.165, 1.54) is 12.7 Å². The van der Waals surface area contributed by atoms with Crippen LogP contribution in [-0.2, 0) is 0 Å². The number of aryl methyl sites for hydroxylation is 1. The van der Waals surface area contributed by atoms with Gasteiger partial charge < -0.3 is 30.2 Å². The lowest BCUT2D eigenvalue weighted by Crippen LogP contribution is -2.29. The highest BCUT2D eigenvalue weighted by Crippen LogP contribution is 2.16. The van der Waals surface area contributed by atoms with Gasteiger partial charge in [0, 0.05) is 61.2 Å². The number of aliphatic hydroxyl groups is 4. The summed E-state index contributed by atoms with van der Waals surface area (Å²) in [6, 6.07) is 18.7. The fraction of sp³-hybridized carbons (Fsp3) is 0.281. The number of aliphatic hydroxyl groups excluding tert-OH is 4. The summed E-state index contributed by atoms with van der Waals surface area (Å²) >= 11 is 0. The fourth-order valence-electron chi connectivity index (χ4n) is 3.72. The van der Waals surface area contributed by atoms with Crippen molar-refractivity contribution < 1.29 is 25.2 Å². The molecule has 0 aliphatic rings. The summed E-state index contributed by atoms with van der Waals surface area (Å²) in [4.78, 5) is 29.8. The van der Waals surface area contributed by atoms with Crippen LogP contribution in [0.15, 0.2) is 85.7 Å². The maximum Gasteiger partial charge on any atom is 0.150 e. The second-order valence-electron chi connectivity index (χ2n) is 8.99. The molecule has 0 amide bonds. The number of hydrogen-bond donors (Lipinski definition) is 4. The van der Waals surface area contributed by atoms with Crippen LogP contribution >= 0.6 is 0 Å². The molecule has 0 saturated carbocycles. The van der Waals surface area contributed by atoms with E-state index in [1.54, 1.807) is 36.7 Å². The Bertz CT molecular complexity index is 1280. The molecule has 4 N–H and O–H groups in total. The maximum absolute atomic E-state index is 10.4. The molecule has 2 aromatic carbocycles. The summed E-state index contributed by atoms with van der Waals surface area (Å²) < 4.78 is 0. The standard InChI is InChI=1S/C16H19N3O2.C11H15NO3.C5H6N2/c20-11-9-19(10-12-21)16-5-2-14(3-6-16)1-4-15-7-8-17-13-18-15;13-7-5-12(6-8-14)11-3-1-10(9-15)2-4-11;1-5-2-3-6-4-7-5/h1-8,13,20-21H,9-12H2;1-4,9,13-14H,5-8H2;2-4H,1H3/b4-1+;;. The third-order valence-corrected chi connectivity index (χ3v) is 5.91. The van der Waals surface area contributed by atoms with Crippen LogP contribution in [0.4, 0.5) is 11.4 Å². The molecule has 43 heavy (non-hydrogen) atoms. The van der Waals surface area contributed by atoms with Crippen molar-refractivity contribution in [2.24, 2.45) is 0 Å². The topological polar surface area (TPSA) is 156 Å². The van der Waals surface area contributed by atoms with Crippen LogP contribution in [0.5, 0.6) is 0 Å². The van der Waals surface area contributed by atoms with E-state index in [2.05, 4.69) is 19.9 Å². The molecule has 11 heteroatoms. The van der Waals surface area contributed by atoms with Crippen molar-refractivity contribution in [3.63, 3.8) is 0 Å². The van der Waals surface area contributed by atoms with Gasteiger partial charge in [-0.05, 0) is 67.1 Å². The van der Waals surface area contributed by atoms with Gasteiger partial charge in [-0.2, -0.15) is 0 Å². The predicted molar refractivity (Wildman–Crippen MR) is 169 cm³/mol. The smallest absolute Gasteiger partial charge is 0.150 e. The second kappa shape index (κ2) is 21.2. The molecule has 0 aliphatic carbocycles. The molecule has 11 nitrogen and oxygen atoms in total. The molecule has 4 rings (SSSR count). The summed E-state index contributed by atoms with van der Waals surface area (Å²) in [6.45, 7) is 4.10. The highest BCUT2D eigenvalue weighted by Gasteiger charge is 2.05. The Morgan fingerprint density at radius 1 is 0.605 bits per heavy atom. The van der Waals surface area contributed by atoms with Crippen LogP contribution in [0.25, 0.3) is 12.2 Å². The predicted octanol–water partition coefficient (Wildman–Crippen LogP) is 2.51. The molecule has 0 aliphatic heterocycles. The lowest BCUT2D eigenvalue weighted by molar-refractivity contribution is 0.112.